The van der Waals surface area contributed by atoms with Crippen LogP contribution in [0.3, 0.4) is 0 Å². The molecule has 0 atom stereocenters. The predicted octanol–water partition coefficient (Wildman–Crippen LogP) is 0.916. The van der Waals surface area contributed by atoms with Crippen LogP contribution in [0.5, 0.6) is 5.75 Å². The minimum absolute atomic E-state index is 0. The first-order valence-corrected chi connectivity index (χ1v) is 7.16. The summed E-state index contributed by atoms with van der Waals surface area (Å²) in [6.07, 6.45) is 0.609. The van der Waals surface area contributed by atoms with Gasteiger partial charge in [-0.05, 0) is 23.8 Å². The second-order valence-corrected chi connectivity index (χ2v) is 6.02. The van der Waals surface area contributed by atoms with Gasteiger partial charge in [0.1, 0.15) is 5.75 Å². The fourth-order valence-corrected chi connectivity index (χ4v) is 2.80. The molecule has 1 aromatic carbocycles. The number of halogens is 3. The Balaban J connectivity index is 0.00000200. The van der Waals surface area contributed by atoms with Crippen LogP contribution in [0, 0.1) is 0 Å². The molecular weight excluding hydrogens is 314 g/mol. The standard InChI is InChI=1S/C11H14F2N2O3S.ClH/c12-11(13,6-14)7-15-19(16,17)9-1-2-10-8(5-9)3-4-18-10;/h1-2,5,15H,3-4,6-7,14H2;1H. The van der Waals surface area contributed by atoms with Gasteiger partial charge < -0.3 is 10.5 Å². The van der Waals surface area contributed by atoms with E-state index in [1.807, 2.05) is 4.72 Å². The van der Waals surface area contributed by atoms with Gasteiger partial charge in [0.05, 0.1) is 24.6 Å². The molecule has 1 aliphatic heterocycles. The number of nitrogens with two attached hydrogens (primary N) is 1. The first-order chi connectivity index (χ1) is 8.84. The average molecular weight is 329 g/mol. The second-order valence-electron chi connectivity index (χ2n) is 4.25. The predicted molar refractivity (Wildman–Crippen MR) is 72.1 cm³/mol. The van der Waals surface area contributed by atoms with Gasteiger partial charge in [-0.15, -0.1) is 12.4 Å². The zero-order valence-corrected chi connectivity index (χ0v) is 12.1. The van der Waals surface area contributed by atoms with Crippen LogP contribution in [0.25, 0.3) is 0 Å². The summed E-state index contributed by atoms with van der Waals surface area (Å²) >= 11 is 0. The van der Waals surface area contributed by atoms with Crippen LogP contribution in [0.1, 0.15) is 5.56 Å². The zero-order chi connectivity index (χ0) is 14.1. The summed E-state index contributed by atoms with van der Waals surface area (Å²) in [6.45, 7) is -1.43. The van der Waals surface area contributed by atoms with Gasteiger partial charge in [0.2, 0.25) is 10.0 Å². The molecule has 9 heteroatoms. The third-order valence-electron chi connectivity index (χ3n) is 2.79. The zero-order valence-electron chi connectivity index (χ0n) is 10.4. The van der Waals surface area contributed by atoms with E-state index in [1.54, 1.807) is 0 Å². The Labute approximate surface area is 121 Å². The molecule has 0 saturated heterocycles. The quantitative estimate of drug-likeness (QED) is 0.842. The molecule has 0 amide bonds. The fourth-order valence-electron chi connectivity index (χ4n) is 1.69. The lowest BCUT2D eigenvalue weighted by Gasteiger charge is -2.15. The molecule has 3 N–H and O–H groups in total. The van der Waals surface area contributed by atoms with Crippen molar-refractivity contribution in [1.29, 1.82) is 0 Å². The minimum Gasteiger partial charge on any atom is -0.493 e. The number of rotatable bonds is 5. The lowest BCUT2D eigenvalue weighted by molar-refractivity contribution is 0.0170. The van der Waals surface area contributed by atoms with Crippen molar-refractivity contribution in [3.63, 3.8) is 0 Å². The van der Waals surface area contributed by atoms with E-state index in [1.165, 1.54) is 18.2 Å². The van der Waals surface area contributed by atoms with E-state index in [0.717, 1.165) is 5.56 Å². The minimum atomic E-state index is -3.97. The molecular formula is C11H15ClF2N2O3S. The summed E-state index contributed by atoms with van der Waals surface area (Å²) in [6, 6.07) is 4.29. The molecule has 1 aromatic rings. The van der Waals surface area contributed by atoms with Crippen LogP contribution in [0.4, 0.5) is 8.78 Å². The molecule has 5 nitrogen and oxygen atoms in total. The third kappa shape index (κ3) is 3.78. The molecule has 20 heavy (non-hydrogen) atoms. The van der Waals surface area contributed by atoms with Gasteiger partial charge in [-0.25, -0.2) is 21.9 Å². The van der Waals surface area contributed by atoms with Crippen molar-refractivity contribution in [3.05, 3.63) is 23.8 Å². The van der Waals surface area contributed by atoms with Crippen molar-refractivity contribution in [2.75, 3.05) is 19.7 Å². The van der Waals surface area contributed by atoms with Gasteiger partial charge >= 0.3 is 0 Å². The van der Waals surface area contributed by atoms with E-state index in [4.69, 9.17) is 10.5 Å². The maximum absolute atomic E-state index is 12.9. The smallest absolute Gasteiger partial charge is 0.273 e. The van der Waals surface area contributed by atoms with E-state index in [0.29, 0.717) is 18.8 Å². The van der Waals surface area contributed by atoms with Crippen LogP contribution in [-0.2, 0) is 16.4 Å². The van der Waals surface area contributed by atoms with Gasteiger partial charge in [-0.2, -0.15) is 0 Å². The number of hydrogen-bond acceptors (Lipinski definition) is 4. The first kappa shape index (κ1) is 17.1. The molecule has 0 spiro atoms. The van der Waals surface area contributed by atoms with Gasteiger partial charge in [0, 0.05) is 6.42 Å². The average Bonchev–Trinajstić information content (AvgIpc) is 2.84. The highest BCUT2D eigenvalue weighted by atomic mass is 35.5. The Hall–Kier alpha value is -0.960. The van der Waals surface area contributed by atoms with Crippen molar-refractivity contribution >= 4 is 22.4 Å². The molecule has 0 radical (unpaired) electrons. The highest BCUT2D eigenvalue weighted by molar-refractivity contribution is 7.89. The van der Waals surface area contributed by atoms with Crippen molar-refractivity contribution in [3.8, 4) is 5.75 Å². The van der Waals surface area contributed by atoms with Crippen molar-refractivity contribution in [2.45, 2.75) is 17.2 Å². The van der Waals surface area contributed by atoms with Crippen LogP contribution >= 0.6 is 12.4 Å². The highest BCUT2D eigenvalue weighted by Crippen LogP contribution is 2.27. The number of nitrogens with one attached hydrogen (secondary N) is 1. The SMILES string of the molecule is Cl.NCC(F)(F)CNS(=O)(=O)c1ccc2c(c1)CCO2. The Morgan fingerprint density at radius 1 is 1.40 bits per heavy atom. The largest absolute Gasteiger partial charge is 0.493 e. The first-order valence-electron chi connectivity index (χ1n) is 5.67. The third-order valence-corrected chi connectivity index (χ3v) is 4.19. The number of ether oxygens (including phenoxy) is 1. The summed E-state index contributed by atoms with van der Waals surface area (Å²) in [5.74, 6) is -2.63. The van der Waals surface area contributed by atoms with Crippen LogP contribution in [-0.4, -0.2) is 34.0 Å². The summed E-state index contributed by atoms with van der Waals surface area (Å²) in [4.78, 5) is -0.0513. The number of hydrogen-bond donors (Lipinski definition) is 2. The Morgan fingerprint density at radius 3 is 2.75 bits per heavy atom. The normalized spacial score (nSPS) is 14.3. The lowest BCUT2D eigenvalue weighted by atomic mass is 10.2. The summed E-state index contributed by atoms with van der Waals surface area (Å²) < 4.78 is 56.7. The van der Waals surface area contributed by atoms with Gasteiger partial charge in [-0.3, -0.25) is 0 Å². The highest BCUT2D eigenvalue weighted by Gasteiger charge is 2.29. The summed E-state index contributed by atoms with van der Waals surface area (Å²) in [7, 11) is -3.97. The molecule has 2 rings (SSSR count). The second kappa shape index (κ2) is 6.21. The maximum atomic E-state index is 12.9. The van der Waals surface area contributed by atoms with Crippen LogP contribution in [0.15, 0.2) is 23.1 Å². The van der Waals surface area contributed by atoms with Gasteiger partial charge in [0.25, 0.3) is 5.92 Å². The van der Waals surface area contributed by atoms with Crippen LogP contribution in [0.2, 0.25) is 0 Å². The lowest BCUT2D eigenvalue weighted by Crippen LogP contribution is -2.41. The molecule has 1 heterocycles. The molecule has 0 fully saturated rings. The van der Waals surface area contributed by atoms with Gasteiger partial charge in [0.15, 0.2) is 0 Å². The Bertz CT molecular complexity index is 581. The van der Waals surface area contributed by atoms with E-state index in [-0.39, 0.29) is 17.3 Å². The van der Waals surface area contributed by atoms with Gasteiger partial charge in [-0.1, -0.05) is 0 Å². The van der Waals surface area contributed by atoms with Crippen LogP contribution < -0.4 is 15.2 Å². The van der Waals surface area contributed by atoms with Crippen molar-refractivity contribution in [2.24, 2.45) is 5.73 Å². The molecule has 0 saturated carbocycles. The van der Waals surface area contributed by atoms with E-state index in [9.17, 15) is 17.2 Å². The Kier molecular flexibility index (Phi) is 5.31. The molecule has 0 aliphatic carbocycles. The Morgan fingerprint density at radius 2 is 2.10 bits per heavy atom. The number of sulfonamides is 1. The van der Waals surface area contributed by atoms with E-state index in [2.05, 4.69) is 0 Å². The summed E-state index contributed by atoms with van der Waals surface area (Å²) in [5, 5.41) is 0. The molecule has 0 bridgehead atoms. The van der Waals surface area contributed by atoms with E-state index < -0.39 is 29.0 Å². The van der Waals surface area contributed by atoms with Crippen molar-refractivity contribution < 1.29 is 21.9 Å². The number of alkyl halides is 2. The molecule has 0 unspecified atom stereocenters. The number of fused-ring (bicyclic) bond motifs is 1. The summed E-state index contributed by atoms with van der Waals surface area (Å²) in [5.41, 5.74) is 5.60. The number of benzene rings is 1. The monoisotopic (exact) mass is 328 g/mol. The fraction of sp³-hybridized carbons (Fsp3) is 0.455. The van der Waals surface area contributed by atoms with E-state index >= 15 is 0 Å². The molecule has 0 aromatic heterocycles. The topological polar surface area (TPSA) is 81.4 Å². The maximum Gasteiger partial charge on any atom is 0.273 e. The van der Waals surface area contributed by atoms with Crippen molar-refractivity contribution in [1.82, 2.24) is 4.72 Å². The molecule has 1 aliphatic rings. The molecule has 114 valence electrons.